The van der Waals surface area contributed by atoms with E-state index in [-0.39, 0.29) is 6.10 Å². The van der Waals surface area contributed by atoms with Crippen LogP contribution < -0.4 is 10.1 Å². The monoisotopic (exact) mass is 289 g/mol. The number of benzene rings is 1. The number of likely N-dealkylation sites (N-methyl/N-ethyl adjacent to an activating group) is 1. The van der Waals surface area contributed by atoms with Crippen molar-refractivity contribution in [3.8, 4) is 5.75 Å². The van der Waals surface area contributed by atoms with Crippen molar-refractivity contribution in [3.05, 3.63) is 41.5 Å². The topological polar surface area (TPSA) is 60.2 Å². The van der Waals surface area contributed by atoms with Crippen LogP contribution in [0.1, 0.15) is 38.0 Å². The highest BCUT2D eigenvalue weighted by molar-refractivity contribution is 5.35. The van der Waals surface area contributed by atoms with E-state index in [4.69, 9.17) is 9.26 Å². The smallest absolute Gasteiger partial charge is 0.231 e. The lowest BCUT2D eigenvalue weighted by atomic mass is 10.1. The molecule has 2 aromatic rings. The predicted octanol–water partition coefficient (Wildman–Crippen LogP) is 2.60. The maximum Gasteiger partial charge on any atom is 0.231 e. The second-order valence-corrected chi connectivity index (χ2v) is 5.45. The van der Waals surface area contributed by atoms with Crippen LogP contribution >= 0.6 is 0 Å². The van der Waals surface area contributed by atoms with Crippen molar-refractivity contribution < 1.29 is 9.26 Å². The summed E-state index contributed by atoms with van der Waals surface area (Å²) in [4.78, 5) is 4.44. The Morgan fingerprint density at radius 2 is 2.00 bits per heavy atom. The molecule has 5 nitrogen and oxygen atoms in total. The molecule has 5 heteroatoms. The molecule has 0 aliphatic carbocycles. The van der Waals surface area contributed by atoms with Gasteiger partial charge in [-0.05, 0) is 33.9 Å². The maximum atomic E-state index is 5.81. The molecule has 0 aliphatic heterocycles. The van der Waals surface area contributed by atoms with E-state index in [9.17, 15) is 0 Å². The summed E-state index contributed by atoms with van der Waals surface area (Å²) in [7, 11) is 1.92. The number of aromatic nitrogens is 2. The largest absolute Gasteiger partial charge is 0.491 e. The van der Waals surface area contributed by atoms with E-state index in [0.29, 0.717) is 18.4 Å². The molecule has 0 bridgehead atoms. The quantitative estimate of drug-likeness (QED) is 0.849. The highest BCUT2D eigenvalue weighted by Gasteiger charge is 2.12. The molecule has 0 saturated carbocycles. The molecule has 0 radical (unpaired) electrons. The molecule has 1 unspecified atom stereocenters. The molecule has 0 saturated heterocycles. The first-order valence-electron chi connectivity index (χ1n) is 7.31. The Kier molecular flexibility index (Phi) is 5.33. The predicted molar refractivity (Wildman–Crippen MR) is 81.5 cm³/mol. The fourth-order valence-corrected chi connectivity index (χ4v) is 2.00. The molecule has 2 rings (SSSR count). The van der Waals surface area contributed by atoms with Crippen LogP contribution in [0.25, 0.3) is 0 Å². The first-order valence-corrected chi connectivity index (χ1v) is 7.31. The van der Waals surface area contributed by atoms with E-state index in [1.165, 1.54) is 0 Å². The van der Waals surface area contributed by atoms with E-state index in [1.54, 1.807) is 0 Å². The third-order valence-corrected chi connectivity index (χ3v) is 3.17. The van der Waals surface area contributed by atoms with Gasteiger partial charge in [0.05, 0.1) is 12.5 Å². The van der Waals surface area contributed by atoms with E-state index < -0.39 is 0 Å². The summed E-state index contributed by atoms with van der Waals surface area (Å²) < 4.78 is 11.1. The van der Waals surface area contributed by atoms with Crippen molar-refractivity contribution in [1.82, 2.24) is 15.5 Å². The van der Waals surface area contributed by atoms with Crippen molar-refractivity contribution >= 4 is 0 Å². The first kappa shape index (κ1) is 15.5. The minimum absolute atomic E-state index is 0.140. The number of rotatable bonds is 7. The number of nitrogens with one attached hydrogen (secondary N) is 1. The molecule has 1 atom stereocenters. The molecule has 1 heterocycles. The number of nitrogens with zero attached hydrogens (tertiary/aromatic N) is 2. The molecule has 1 aromatic heterocycles. The molecule has 1 N–H and O–H groups in total. The Hall–Kier alpha value is -1.88. The van der Waals surface area contributed by atoms with Gasteiger partial charge in [-0.2, -0.15) is 4.98 Å². The molecular formula is C16H23N3O2. The van der Waals surface area contributed by atoms with Crippen LogP contribution in [-0.2, 0) is 12.8 Å². The molecular weight excluding hydrogens is 266 g/mol. The summed E-state index contributed by atoms with van der Waals surface area (Å²) in [5.74, 6) is 2.22. The van der Waals surface area contributed by atoms with Crippen LogP contribution in [0.5, 0.6) is 5.75 Å². The lowest BCUT2D eigenvalue weighted by molar-refractivity contribution is 0.239. The highest BCUT2D eigenvalue weighted by atomic mass is 16.5. The van der Waals surface area contributed by atoms with Gasteiger partial charge in [-0.15, -0.1) is 0 Å². The van der Waals surface area contributed by atoms with E-state index in [0.717, 1.165) is 23.6 Å². The third-order valence-electron chi connectivity index (χ3n) is 3.17. The Labute approximate surface area is 125 Å². The van der Waals surface area contributed by atoms with Crippen LogP contribution in [0.15, 0.2) is 28.8 Å². The fourth-order valence-electron chi connectivity index (χ4n) is 2.00. The van der Waals surface area contributed by atoms with Gasteiger partial charge >= 0.3 is 0 Å². The second kappa shape index (κ2) is 7.22. The highest BCUT2D eigenvalue weighted by Crippen LogP contribution is 2.22. The lowest BCUT2D eigenvalue weighted by Gasteiger charge is -2.12. The minimum Gasteiger partial charge on any atom is -0.491 e. The van der Waals surface area contributed by atoms with Crippen LogP contribution in [0.2, 0.25) is 0 Å². The van der Waals surface area contributed by atoms with Crippen molar-refractivity contribution in [2.24, 2.45) is 0 Å². The Bertz CT molecular complexity index is 566. The van der Waals surface area contributed by atoms with Gasteiger partial charge < -0.3 is 14.6 Å². The summed E-state index contributed by atoms with van der Waals surface area (Å²) in [5, 5.41) is 7.19. The molecule has 1 aromatic carbocycles. The fraction of sp³-hybridized carbons (Fsp3) is 0.500. The number of hydrogen-bond acceptors (Lipinski definition) is 5. The minimum atomic E-state index is 0.140. The van der Waals surface area contributed by atoms with Gasteiger partial charge in [-0.1, -0.05) is 23.4 Å². The summed E-state index contributed by atoms with van der Waals surface area (Å²) in [6.07, 6.45) is 1.48. The zero-order chi connectivity index (χ0) is 15.2. The molecule has 0 amide bonds. The summed E-state index contributed by atoms with van der Waals surface area (Å²) in [6, 6.07) is 8.28. The van der Waals surface area contributed by atoms with Crippen LogP contribution in [0, 0.1) is 0 Å². The number of hydrogen-bond donors (Lipinski definition) is 1. The van der Waals surface area contributed by atoms with Gasteiger partial charge in [0.2, 0.25) is 5.89 Å². The lowest BCUT2D eigenvalue weighted by Crippen LogP contribution is -2.24. The number of para-hydroxylation sites is 1. The Balaban J connectivity index is 2.08. The van der Waals surface area contributed by atoms with Gasteiger partial charge in [0, 0.05) is 18.0 Å². The van der Waals surface area contributed by atoms with Gasteiger partial charge in [0.1, 0.15) is 5.75 Å². The maximum absolute atomic E-state index is 5.81. The molecule has 0 fully saturated rings. The molecule has 114 valence electrons. The SMILES string of the molecule is CNC(C)Cc1noc(Cc2ccccc2OC(C)C)n1. The molecule has 0 aliphatic rings. The average Bonchev–Trinajstić information content (AvgIpc) is 2.87. The summed E-state index contributed by atoms with van der Waals surface area (Å²) in [6.45, 7) is 6.11. The van der Waals surface area contributed by atoms with Crippen molar-refractivity contribution in [3.63, 3.8) is 0 Å². The summed E-state index contributed by atoms with van der Waals surface area (Å²) >= 11 is 0. The zero-order valence-corrected chi connectivity index (χ0v) is 13.1. The normalized spacial score (nSPS) is 12.6. The first-order chi connectivity index (χ1) is 10.1. The summed E-state index contributed by atoms with van der Waals surface area (Å²) in [5.41, 5.74) is 1.06. The van der Waals surface area contributed by atoms with Crippen molar-refractivity contribution in [2.75, 3.05) is 7.05 Å². The Morgan fingerprint density at radius 3 is 2.71 bits per heavy atom. The van der Waals surface area contributed by atoms with Crippen LogP contribution in [0.4, 0.5) is 0 Å². The van der Waals surface area contributed by atoms with Crippen molar-refractivity contribution in [1.29, 1.82) is 0 Å². The Morgan fingerprint density at radius 1 is 1.24 bits per heavy atom. The average molecular weight is 289 g/mol. The van der Waals surface area contributed by atoms with Crippen LogP contribution in [-0.4, -0.2) is 29.3 Å². The zero-order valence-electron chi connectivity index (χ0n) is 13.1. The van der Waals surface area contributed by atoms with Gasteiger partial charge in [0.25, 0.3) is 0 Å². The van der Waals surface area contributed by atoms with E-state index >= 15 is 0 Å². The van der Waals surface area contributed by atoms with Gasteiger partial charge in [-0.25, -0.2) is 0 Å². The standard InChI is InChI=1S/C16H23N3O2/c1-11(2)20-14-8-6-5-7-13(14)10-16-18-15(19-21-16)9-12(3)17-4/h5-8,11-12,17H,9-10H2,1-4H3. The third kappa shape index (κ3) is 4.56. The second-order valence-electron chi connectivity index (χ2n) is 5.45. The molecule has 21 heavy (non-hydrogen) atoms. The van der Waals surface area contributed by atoms with Gasteiger partial charge in [-0.3, -0.25) is 0 Å². The van der Waals surface area contributed by atoms with E-state index in [2.05, 4.69) is 22.4 Å². The van der Waals surface area contributed by atoms with Gasteiger partial charge in [0.15, 0.2) is 5.82 Å². The molecule has 0 spiro atoms. The van der Waals surface area contributed by atoms with Crippen LogP contribution in [0.3, 0.4) is 0 Å². The number of ether oxygens (including phenoxy) is 1. The van der Waals surface area contributed by atoms with E-state index in [1.807, 2.05) is 45.2 Å². The van der Waals surface area contributed by atoms with Crippen molar-refractivity contribution in [2.45, 2.75) is 45.8 Å².